The molecule has 0 atom stereocenters. The van der Waals surface area contributed by atoms with E-state index < -0.39 is 17.4 Å². The molecule has 0 radical (unpaired) electrons. The van der Waals surface area contributed by atoms with Gasteiger partial charge in [0.25, 0.3) is 0 Å². The van der Waals surface area contributed by atoms with E-state index in [1.54, 1.807) is 0 Å². The van der Waals surface area contributed by atoms with Gasteiger partial charge in [-0.15, -0.1) is 0 Å². The summed E-state index contributed by atoms with van der Waals surface area (Å²) in [7, 11) is 0. The topological polar surface area (TPSA) is 69.7 Å². The summed E-state index contributed by atoms with van der Waals surface area (Å²) in [5.41, 5.74) is -0.775. The second kappa shape index (κ2) is 8.85. The number of rotatable bonds is 10. The number of ketones is 1. The van der Waals surface area contributed by atoms with Crippen molar-refractivity contribution in [1.82, 2.24) is 0 Å². The number of carbonyl (C=O) groups excluding carboxylic acids is 3. The lowest BCUT2D eigenvalue weighted by Gasteiger charge is -2.30. The van der Waals surface area contributed by atoms with Crippen LogP contribution in [-0.4, -0.2) is 30.9 Å². The van der Waals surface area contributed by atoms with Gasteiger partial charge in [0, 0.05) is 24.0 Å². The lowest BCUT2D eigenvalue weighted by Crippen LogP contribution is -2.35. The maximum absolute atomic E-state index is 11.6. The fraction of sp³-hybridized carbons (Fsp3) is 0.400. The molecule has 0 aliphatic rings. The fourth-order valence-corrected chi connectivity index (χ4v) is 1.48. The number of hydrogen-bond donors (Lipinski definition) is 0. The van der Waals surface area contributed by atoms with Crippen LogP contribution in [0.4, 0.5) is 0 Å². The Morgan fingerprint density at radius 3 is 1.70 bits per heavy atom. The van der Waals surface area contributed by atoms with E-state index in [1.165, 1.54) is 6.08 Å². The van der Waals surface area contributed by atoms with Crippen LogP contribution in [0.25, 0.3) is 0 Å². The monoisotopic (exact) mass is 280 g/mol. The molecule has 0 bridgehead atoms. The minimum Gasteiger partial charge on any atom is -0.462 e. The van der Waals surface area contributed by atoms with Gasteiger partial charge in [-0.3, -0.25) is 4.79 Å². The Labute approximate surface area is 118 Å². The van der Waals surface area contributed by atoms with E-state index in [9.17, 15) is 14.4 Å². The highest BCUT2D eigenvalue weighted by Crippen LogP contribution is 2.28. The summed E-state index contributed by atoms with van der Waals surface area (Å²) < 4.78 is 10.00. The van der Waals surface area contributed by atoms with Crippen molar-refractivity contribution in [2.24, 2.45) is 5.41 Å². The van der Waals surface area contributed by atoms with Crippen LogP contribution in [-0.2, 0) is 23.9 Å². The lowest BCUT2D eigenvalue weighted by molar-refractivity contribution is -0.150. The van der Waals surface area contributed by atoms with Crippen molar-refractivity contribution < 1.29 is 23.9 Å². The first-order chi connectivity index (χ1) is 9.42. The molecular weight excluding hydrogens is 260 g/mol. The summed E-state index contributed by atoms with van der Waals surface area (Å²) in [6, 6.07) is 0. The minimum absolute atomic E-state index is 0.0433. The molecule has 0 rings (SSSR count). The second-order valence-corrected chi connectivity index (χ2v) is 4.32. The van der Waals surface area contributed by atoms with Gasteiger partial charge in [0.15, 0.2) is 5.78 Å². The Morgan fingerprint density at radius 1 is 0.950 bits per heavy atom. The SMILES string of the molecule is C=CC(=O)CC(CC)(COC(=O)C=C)COC(=O)C=C. The zero-order valence-corrected chi connectivity index (χ0v) is 11.7. The molecular formula is C15H20O5. The third kappa shape index (κ3) is 6.13. The highest BCUT2D eigenvalue weighted by Gasteiger charge is 2.33. The summed E-state index contributed by atoms with van der Waals surface area (Å²) in [5.74, 6) is -1.40. The Hall–Kier alpha value is -2.17. The average molecular weight is 280 g/mol. The van der Waals surface area contributed by atoms with Crippen LogP contribution in [0, 0.1) is 5.41 Å². The van der Waals surface area contributed by atoms with Crippen molar-refractivity contribution in [3.05, 3.63) is 38.0 Å². The third-order valence-electron chi connectivity index (χ3n) is 2.90. The lowest BCUT2D eigenvalue weighted by atomic mass is 9.81. The molecule has 0 saturated heterocycles. The van der Waals surface area contributed by atoms with Crippen molar-refractivity contribution in [3.8, 4) is 0 Å². The zero-order chi connectivity index (χ0) is 15.6. The van der Waals surface area contributed by atoms with Crippen molar-refractivity contribution in [3.63, 3.8) is 0 Å². The van der Waals surface area contributed by atoms with Crippen molar-refractivity contribution in [1.29, 1.82) is 0 Å². The molecule has 110 valence electrons. The number of ether oxygens (including phenoxy) is 2. The average Bonchev–Trinajstić information content (AvgIpc) is 2.48. The number of allylic oxidation sites excluding steroid dienone is 1. The molecule has 0 aliphatic heterocycles. The van der Waals surface area contributed by atoms with Crippen LogP contribution in [0.15, 0.2) is 38.0 Å². The maximum Gasteiger partial charge on any atom is 0.330 e. The summed E-state index contributed by atoms with van der Waals surface area (Å²) in [4.78, 5) is 33.9. The quantitative estimate of drug-likeness (QED) is 0.452. The van der Waals surface area contributed by atoms with Crippen LogP contribution >= 0.6 is 0 Å². The summed E-state index contributed by atoms with van der Waals surface area (Å²) >= 11 is 0. The van der Waals surface area contributed by atoms with Gasteiger partial charge in [-0.25, -0.2) is 9.59 Å². The molecule has 0 saturated carbocycles. The molecule has 0 spiro atoms. The first-order valence-corrected chi connectivity index (χ1v) is 6.16. The highest BCUT2D eigenvalue weighted by molar-refractivity contribution is 5.89. The zero-order valence-electron chi connectivity index (χ0n) is 11.7. The molecule has 0 amide bonds. The Bertz CT molecular complexity index is 384. The first-order valence-electron chi connectivity index (χ1n) is 6.16. The molecule has 0 unspecified atom stereocenters. The van der Waals surface area contributed by atoms with Crippen LogP contribution in [0.5, 0.6) is 0 Å². The standard InChI is InChI=1S/C15H20O5/c1-5-12(16)9-15(8-4,10-19-13(17)6-2)11-20-14(18)7-3/h5-7H,1-3,8-11H2,4H3. The van der Waals surface area contributed by atoms with E-state index in [4.69, 9.17) is 9.47 Å². The van der Waals surface area contributed by atoms with Crippen molar-refractivity contribution >= 4 is 17.7 Å². The van der Waals surface area contributed by atoms with E-state index in [-0.39, 0.29) is 25.4 Å². The second-order valence-electron chi connectivity index (χ2n) is 4.32. The van der Waals surface area contributed by atoms with Gasteiger partial charge in [-0.1, -0.05) is 26.7 Å². The van der Waals surface area contributed by atoms with Gasteiger partial charge in [-0.05, 0) is 12.5 Å². The Morgan fingerprint density at radius 2 is 1.40 bits per heavy atom. The molecule has 0 N–H and O–H groups in total. The van der Waals surface area contributed by atoms with E-state index >= 15 is 0 Å². The van der Waals surface area contributed by atoms with Crippen LogP contribution < -0.4 is 0 Å². The molecule has 0 aromatic heterocycles. The molecule has 0 aliphatic carbocycles. The van der Waals surface area contributed by atoms with Gasteiger partial charge in [0.2, 0.25) is 0 Å². The van der Waals surface area contributed by atoms with Crippen molar-refractivity contribution in [2.75, 3.05) is 13.2 Å². The van der Waals surface area contributed by atoms with Gasteiger partial charge in [-0.2, -0.15) is 0 Å². The number of hydrogen-bond acceptors (Lipinski definition) is 5. The first kappa shape index (κ1) is 17.8. The van der Waals surface area contributed by atoms with E-state index in [0.29, 0.717) is 6.42 Å². The molecule has 5 heteroatoms. The number of esters is 2. The highest BCUT2D eigenvalue weighted by atomic mass is 16.5. The normalized spacial score (nSPS) is 10.2. The fourth-order valence-electron chi connectivity index (χ4n) is 1.48. The summed E-state index contributed by atoms with van der Waals surface area (Å²) in [6.45, 7) is 11.7. The Kier molecular flexibility index (Phi) is 7.89. The molecule has 5 nitrogen and oxygen atoms in total. The summed E-state index contributed by atoms with van der Waals surface area (Å²) in [6.07, 6.45) is 3.81. The van der Waals surface area contributed by atoms with Gasteiger partial charge < -0.3 is 9.47 Å². The molecule has 0 fully saturated rings. The third-order valence-corrected chi connectivity index (χ3v) is 2.90. The van der Waals surface area contributed by atoms with Gasteiger partial charge in [0.1, 0.15) is 13.2 Å². The van der Waals surface area contributed by atoms with Crippen LogP contribution in [0.1, 0.15) is 19.8 Å². The number of carbonyl (C=O) groups is 3. The maximum atomic E-state index is 11.6. The summed E-state index contributed by atoms with van der Waals surface area (Å²) in [5, 5.41) is 0. The predicted octanol–water partition coefficient (Wildman–Crippen LogP) is 1.99. The van der Waals surface area contributed by atoms with Gasteiger partial charge >= 0.3 is 11.9 Å². The smallest absolute Gasteiger partial charge is 0.330 e. The predicted molar refractivity (Wildman–Crippen MR) is 74.9 cm³/mol. The van der Waals surface area contributed by atoms with Crippen molar-refractivity contribution in [2.45, 2.75) is 19.8 Å². The van der Waals surface area contributed by atoms with Gasteiger partial charge in [0.05, 0.1) is 0 Å². The molecule has 20 heavy (non-hydrogen) atoms. The van der Waals surface area contributed by atoms with Crippen LogP contribution in [0.3, 0.4) is 0 Å². The van der Waals surface area contributed by atoms with E-state index in [1.807, 2.05) is 6.92 Å². The minimum atomic E-state index is -0.775. The van der Waals surface area contributed by atoms with E-state index in [2.05, 4.69) is 19.7 Å². The van der Waals surface area contributed by atoms with E-state index in [0.717, 1.165) is 12.2 Å². The largest absolute Gasteiger partial charge is 0.462 e. The Balaban J connectivity index is 4.93. The van der Waals surface area contributed by atoms with Crippen LogP contribution in [0.2, 0.25) is 0 Å². The molecule has 0 aromatic carbocycles. The molecule has 0 aromatic rings. The molecule has 0 heterocycles.